The highest BCUT2D eigenvalue weighted by Gasteiger charge is 2.13. The van der Waals surface area contributed by atoms with Crippen molar-refractivity contribution in [2.75, 3.05) is 13.1 Å². The summed E-state index contributed by atoms with van der Waals surface area (Å²) in [6.45, 7) is 3.83. The van der Waals surface area contributed by atoms with Crippen molar-refractivity contribution in [3.63, 3.8) is 0 Å². The highest BCUT2D eigenvalue weighted by molar-refractivity contribution is 5.99. The Kier molecular flexibility index (Phi) is 2.85. The van der Waals surface area contributed by atoms with Gasteiger partial charge >= 0.3 is 0 Å². The summed E-state index contributed by atoms with van der Waals surface area (Å²) in [6.07, 6.45) is 0. The maximum Gasteiger partial charge on any atom is 0.269 e. The minimum Gasteiger partial charge on any atom is -0.370 e. The third-order valence-electron chi connectivity index (χ3n) is 2.53. The van der Waals surface area contributed by atoms with E-state index in [1.165, 1.54) is 12.1 Å². The number of aliphatic imine (C=N–C) groups is 1. The second-order valence-corrected chi connectivity index (χ2v) is 3.98. The van der Waals surface area contributed by atoms with Gasteiger partial charge in [0, 0.05) is 30.8 Å². The van der Waals surface area contributed by atoms with Crippen LogP contribution < -0.4 is 5.32 Å². The molecular weight excluding hydrogens is 206 g/mol. The Hall–Kier alpha value is -1.91. The number of nitrogens with zero attached hydrogens (tertiary/aromatic N) is 2. The Morgan fingerprint density at radius 2 is 2.12 bits per heavy atom. The van der Waals surface area contributed by atoms with Crippen molar-refractivity contribution in [3.8, 4) is 0 Å². The van der Waals surface area contributed by atoms with Crippen molar-refractivity contribution >= 4 is 11.5 Å². The fourth-order valence-corrected chi connectivity index (χ4v) is 1.57. The van der Waals surface area contributed by atoms with Gasteiger partial charge in [-0.15, -0.1) is 0 Å². The topological polar surface area (TPSA) is 67.5 Å². The number of nitro groups is 1. The van der Waals surface area contributed by atoms with E-state index in [1.54, 1.807) is 12.1 Å². The molecule has 5 nitrogen and oxygen atoms in total. The fourth-order valence-electron chi connectivity index (χ4n) is 1.57. The maximum atomic E-state index is 10.5. The summed E-state index contributed by atoms with van der Waals surface area (Å²) < 4.78 is 0. The van der Waals surface area contributed by atoms with Gasteiger partial charge in [0.1, 0.15) is 5.84 Å². The molecular formula is C11H13N3O2. The van der Waals surface area contributed by atoms with Crippen molar-refractivity contribution < 1.29 is 4.92 Å². The zero-order valence-electron chi connectivity index (χ0n) is 9.01. The maximum absolute atomic E-state index is 10.5. The van der Waals surface area contributed by atoms with Crippen LogP contribution in [0, 0.1) is 16.0 Å². The van der Waals surface area contributed by atoms with Crippen LogP contribution in [-0.4, -0.2) is 23.8 Å². The van der Waals surface area contributed by atoms with Gasteiger partial charge in [-0.3, -0.25) is 15.1 Å². The molecule has 1 aliphatic heterocycles. The van der Waals surface area contributed by atoms with Crippen LogP contribution in [0.1, 0.15) is 12.5 Å². The summed E-state index contributed by atoms with van der Waals surface area (Å²) in [6, 6.07) is 6.44. The van der Waals surface area contributed by atoms with E-state index in [-0.39, 0.29) is 5.69 Å². The van der Waals surface area contributed by atoms with Gasteiger partial charge in [-0.1, -0.05) is 6.92 Å². The van der Waals surface area contributed by atoms with Gasteiger partial charge in [0.05, 0.1) is 4.92 Å². The lowest BCUT2D eigenvalue weighted by Gasteiger charge is -2.19. The summed E-state index contributed by atoms with van der Waals surface area (Å²) in [5.41, 5.74) is 1.01. The number of hydrogen-bond acceptors (Lipinski definition) is 4. The van der Waals surface area contributed by atoms with E-state index >= 15 is 0 Å². The van der Waals surface area contributed by atoms with Gasteiger partial charge in [0.25, 0.3) is 5.69 Å². The van der Waals surface area contributed by atoms with E-state index in [0.717, 1.165) is 24.5 Å². The molecule has 1 aliphatic rings. The van der Waals surface area contributed by atoms with Crippen LogP contribution in [0.4, 0.5) is 5.69 Å². The van der Waals surface area contributed by atoms with E-state index in [0.29, 0.717) is 5.92 Å². The van der Waals surface area contributed by atoms with Gasteiger partial charge in [-0.05, 0) is 18.1 Å². The lowest BCUT2D eigenvalue weighted by Crippen LogP contribution is -2.35. The smallest absolute Gasteiger partial charge is 0.269 e. The first-order valence-electron chi connectivity index (χ1n) is 5.20. The number of hydrogen-bond donors (Lipinski definition) is 1. The van der Waals surface area contributed by atoms with Crippen LogP contribution in [0.15, 0.2) is 29.3 Å². The van der Waals surface area contributed by atoms with E-state index in [2.05, 4.69) is 17.2 Å². The first kappa shape index (κ1) is 10.6. The molecule has 1 aromatic rings. The highest BCUT2D eigenvalue weighted by Crippen LogP contribution is 2.13. The molecule has 1 N–H and O–H groups in total. The van der Waals surface area contributed by atoms with Crippen molar-refractivity contribution in [1.29, 1.82) is 0 Å². The number of benzene rings is 1. The van der Waals surface area contributed by atoms with Crippen LogP contribution in [0.3, 0.4) is 0 Å². The monoisotopic (exact) mass is 219 g/mol. The van der Waals surface area contributed by atoms with Gasteiger partial charge in [0.15, 0.2) is 0 Å². The third-order valence-corrected chi connectivity index (χ3v) is 2.53. The number of nitrogens with one attached hydrogen (secondary N) is 1. The van der Waals surface area contributed by atoms with Gasteiger partial charge in [-0.2, -0.15) is 0 Å². The number of rotatable bonds is 2. The minimum absolute atomic E-state index is 0.105. The molecule has 0 saturated heterocycles. The second kappa shape index (κ2) is 4.30. The van der Waals surface area contributed by atoms with E-state index < -0.39 is 4.92 Å². The third kappa shape index (κ3) is 2.18. The summed E-state index contributed by atoms with van der Waals surface area (Å²) >= 11 is 0. The number of amidine groups is 1. The van der Waals surface area contributed by atoms with Crippen molar-refractivity contribution in [2.24, 2.45) is 10.9 Å². The molecule has 0 aromatic heterocycles. The molecule has 0 radical (unpaired) electrons. The summed E-state index contributed by atoms with van der Waals surface area (Å²) in [5.74, 6) is 1.37. The molecule has 1 atom stereocenters. The Labute approximate surface area is 93.3 Å². The summed E-state index contributed by atoms with van der Waals surface area (Å²) in [5, 5.41) is 13.7. The normalized spacial score (nSPS) is 19.8. The fraction of sp³-hybridized carbons (Fsp3) is 0.364. The van der Waals surface area contributed by atoms with Crippen LogP contribution in [0.5, 0.6) is 0 Å². The predicted octanol–water partition coefficient (Wildman–Crippen LogP) is 1.58. The largest absolute Gasteiger partial charge is 0.370 e. The molecule has 1 heterocycles. The molecule has 0 spiro atoms. The van der Waals surface area contributed by atoms with Crippen LogP contribution >= 0.6 is 0 Å². The Morgan fingerprint density at radius 3 is 2.62 bits per heavy atom. The van der Waals surface area contributed by atoms with Crippen LogP contribution in [0.25, 0.3) is 0 Å². The molecule has 5 heteroatoms. The summed E-state index contributed by atoms with van der Waals surface area (Å²) in [4.78, 5) is 14.5. The average molecular weight is 219 g/mol. The first-order chi connectivity index (χ1) is 7.66. The van der Waals surface area contributed by atoms with Crippen molar-refractivity contribution in [1.82, 2.24) is 5.32 Å². The average Bonchev–Trinajstić information content (AvgIpc) is 2.30. The van der Waals surface area contributed by atoms with Gasteiger partial charge in [-0.25, -0.2) is 0 Å². The Bertz CT molecular complexity index is 425. The lowest BCUT2D eigenvalue weighted by molar-refractivity contribution is -0.384. The lowest BCUT2D eigenvalue weighted by atomic mass is 10.1. The molecule has 1 aromatic carbocycles. The van der Waals surface area contributed by atoms with E-state index in [4.69, 9.17) is 0 Å². The molecule has 0 amide bonds. The number of nitro benzene ring substituents is 1. The van der Waals surface area contributed by atoms with E-state index in [9.17, 15) is 10.1 Å². The molecule has 16 heavy (non-hydrogen) atoms. The zero-order valence-corrected chi connectivity index (χ0v) is 9.01. The molecule has 0 saturated carbocycles. The molecule has 2 rings (SSSR count). The minimum atomic E-state index is -0.401. The molecule has 0 fully saturated rings. The number of non-ortho nitro benzene ring substituents is 1. The SMILES string of the molecule is CC1CN=C(c2ccc([N+](=O)[O-])cc2)NC1. The van der Waals surface area contributed by atoms with Crippen molar-refractivity contribution in [3.05, 3.63) is 39.9 Å². The molecule has 0 bridgehead atoms. The molecule has 0 aliphatic carbocycles. The second-order valence-electron chi connectivity index (χ2n) is 3.98. The molecule has 1 unspecified atom stereocenters. The standard InChI is InChI=1S/C11H13N3O2/c1-8-6-12-11(13-7-8)9-2-4-10(5-3-9)14(15)16/h2-5,8H,6-7H2,1H3,(H,12,13). The van der Waals surface area contributed by atoms with Crippen molar-refractivity contribution in [2.45, 2.75) is 6.92 Å². The highest BCUT2D eigenvalue weighted by atomic mass is 16.6. The summed E-state index contributed by atoms with van der Waals surface area (Å²) in [7, 11) is 0. The van der Waals surface area contributed by atoms with Crippen LogP contribution in [-0.2, 0) is 0 Å². The van der Waals surface area contributed by atoms with Gasteiger partial charge < -0.3 is 5.32 Å². The first-order valence-corrected chi connectivity index (χ1v) is 5.20. The van der Waals surface area contributed by atoms with E-state index in [1.807, 2.05) is 0 Å². The quantitative estimate of drug-likeness (QED) is 0.606. The Morgan fingerprint density at radius 1 is 1.44 bits per heavy atom. The zero-order chi connectivity index (χ0) is 11.5. The Balaban J connectivity index is 2.19. The van der Waals surface area contributed by atoms with Crippen LogP contribution in [0.2, 0.25) is 0 Å². The molecule has 84 valence electrons. The predicted molar refractivity (Wildman–Crippen MR) is 61.7 cm³/mol. The van der Waals surface area contributed by atoms with Gasteiger partial charge in [0.2, 0.25) is 0 Å².